The van der Waals surface area contributed by atoms with E-state index in [0.29, 0.717) is 12.5 Å². The van der Waals surface area contributed by atoms with Gasteiger partial charge in [-0.2, -0.15) is 0 Å². The smallest absolute Gasteiger partial charge is 0.311 e. The minimum absolute atomic E-state index is 0.292. The Morgan fingerprint density at radius 1 is 1.50 bits per heavy atom. The first-order chi connectivity index (χ1) is 6.67. The average molecular weight is 199 g/mol. The molecule has 0 aliphatic heterocycles. The van der Waals surface area contributed by atoms with Gasteiger partial charge < -0.3 is 10.8 Å². The number of hydrogen-bond donors (Lipinski definition) is 2. The molecule has 0 heterocycles. The lowest BCUT2D eigenvalue weighted by atomic mass is 9.71. The lowest BCUT2D eigenvalue weighted by Crippen LogP contribution is -2.44. The Morgan fingerprint density at radius 2 is 2.07 bits per heavy atom. The van der Waals surface area contributed by atoms with Crippen molar-refractivity contribution in [2.75, 3.05) is 6.54 Å². The number of nitrogens with two attached hydrogens (primary N) is 1. The van der Waals surface area contributed by atoms with Gasteiger partial charge in [0, 0.05) is 6.54 Å². The minimum Gasteiger partial charge on any atom is -0.481 e. The van der Waals surface area contributed by atoms with Gasteiger partial charge in [-0.15, -0.1) is 0 Å². The highest BCUT2D eigenvalue weighted by Crippen LogP contribution is 2.42. The highest BCUT2D eigenvalue weighted by atomic mass is 16.4. The average Bonchev–Trinajstić information content (AvgIpc) is 2.66. The molecule has 1 atom stereocenters. The Kier molecular flexibility index (Phi) is 3.93. The van der Waals surface area contributed by atoms with E-state index in [9.17, 15) is 9.90 Å². The number of rotatable bonds is 5. The van der Waals surface area contributed by atoms with Crippen molar-refractivity contribution in [3.8, 4) is 0 Å². The Balaban J connectivity index is 2.81. The highest BCUT2D eigenvalue weighted by molar-refractivity contribution is 5.75. The molecule has 0 aromatic rings. The summed E-state index contributed by atoms with van der Waals surface area (Å²) in [5, 5.41) is 9.34. The number of carboxylic acid groups (broad SMARTS) is 1. The van der Waals surface area contributed by atoms with Crippen LogP contribution in [-0.2, 0) is 4.79 Å². The number of hydrogen-bond acceptors (Lipinski definition) is 2. The van der Waals surface area contributed by atoms with Crippen molar-refractivity contribution in [2.45, 2.75) is 45.4 Å². The maximum absolute atomic E-state index is 11.3. The van der Waals surface area contributed by atoms with Crippen molar-refractivity contribution in [1.29, 1.82) is 0 Å². The van der Waals surface area contributed by atoms with Crippen molar-refractivity contribution in [3.63, 3.8) is 0 Å². The van der Waals surface area contributed by atoms with Crippen LogP contribution in [0.2, 0.25) is 0 Å². The standard InChI is InChI=1S/C11H21NO2/c1-2-7-11(8-12,10(13)14)9-5-3-4-6-9/h9H,2-8,12H2,1H3,(H,13,14). The van der Waals surface area contributed by atoms with E-state index in [0.717, 1.165) is 25.7 Å². The minimum atomic E-state index is -0.686. The molecule has 0 saturated heterocycles. The number of aliphatic carboxylic acids is 1. The first kappa shape index (κ1) is 11.5. The van der Waals surface area contributed by atoms with Crippen LogP contribution in [0, 0.1) is 11.3 Å². The van der Waals surface area contributed by atoms with Crippen LogP contribution < -0.4 is 5.73 Å². The van der Waals surface area contributed by atoms with Gasteiger partial charge in [0.2, 0.25) is 0 Å². The molecule has 1 rings (SSSR count). The molecule has 1 fully saturated rings. The molecular weight excluding hydrogens is 178 g/mol. The molecule has 1 aliphatic rings. The molecule has 1 aliphatic carbocycles. The van der Waals surface area contributed by atoms with Crippen LogP contribution in [0.15, 0.2) is 0 Å². The van der Waals surface area contributed by atoms with Crippen LogP contribution in [0.5, 0.6) is 0 Å². The number of carboxylic acids is 1. The zero-order valence-electron chi connectivity index (χ0n) is 8.96. The topological polar surface area (TPSA) is 63.3 Å². The van der Waals surface area contributed by atoms with E-state index >= 15 is 0 Å². The zero-order chi connectivity index (χ0) is 10.6. The molecule has 0 aromatic heterocycles. The third-order valence-corrected chi connectivity index (χ3v) is 3.62. The van der Waals surface area contributed by atoms with Gasteiger partial charge in [-0.05, 0) is 25.2 Å². The van der Waals surface area contributed by atoms with E-state index in [-0.39, 0.29) is 0 Å². The van der Waals surface area contributed by atoms with Crippen LogP contribution in [0.4, 0.5) is 0 Å². The summed E-state index contributed by atoms with van der Waals surface area (Å²) in [6, 6.07) is 0. The molecule has 3 nitrogen and oxygen atoms in total. The third kappa shape index (κ3) is 1.92. The van der Waals surface area contributed by atoms with E-state index in [2.05, 4.69) is 0 Å². The second kappa shape index (κ2) is 4.78. The van der Waals surface area contributed by atoms with E-state index in [1.54, 1.807) is 0 Å². The van der Waals surface area contributed by atoms with Gasteiger partial charge in [-0.1, -0.05) is 26.2 Å². The molecule has 0 spiro atoms. The molecule has 3 heteroatoms. The first-order valence-electron chi connectivity index (χ1n) is 5.61. The molecule has 0 aromatic carbocycles. The molecule has 1 saturated carbocycles. The van der Waals surface area contributed by atoms with Crippen molar-refractivity contribution in [2.24, 2.45) is 17.1 Å². The molecule has 82 valence electrons. The maximum Gasteiger partial charge on any atom is 0.311 e. The fraction of sp³-hybridized carbons (Fsp3) is 0.909. The van der Waals surface area contributed by atoms with Crippen LogP contribution >= 0.6 is 0 Å². The summed E-state index contributed by atoms with van der Waals surface area (Å²) in [6.45, 7) is 2.32. The zero-order valence-corrected chi connectivity index (χ0v) is 8.96. The summed E-state index contributed by atoms with van der Waals surface area (Å²) >= 11 is 0. The summed E-state index contributed by atoms with van der Waals surface area (Å²) in [5.74, 6) is -0.376. The van der Waals surface area contributed by atoms with Gasteiger partial charge in [-0.25, -0.2) is 0 Å². The summed E-state index contributed by atoms with van der Waals surface area (Å²) < 4.78 is 0. The predicted octanol–water partition coefficient (Wildman–Crippen LogP) is 2.01. The van der Waals surface area contributed by atoms with Gasteiger partial charge in [0.05, 0.1) is 5.41 Å². The Morgan fingerprint density at radius 3 is 2.43 bits per heavy atom. The summed E-state index contributed by atoms with van der Waals surface area (Å²) in [6.07, 6.45) is 6.06. The largest absolute Gasteiger partial charge is 0.481 e. The molecule has 3 N–H and O–H groups in total. The molecule has 0 radical (unpaired) electrons. The fourth-order valence-corrected chi connectivity index (χ4v) is 2.77. The van der Waals surface area contributed by atoms with Gasteiger partial charge in [0.25, 0.3) is 0 Å². The van der Waals surface area contributed by atoms with Crippen molar-refractivity contribution < 1.29 is 9.90 Å². The Hall–Kier alpha value is -0.570. The highest BCUT2D eigenvalue weighted by Gasteiger charge is 2.44. The van der Waals surface area contributed by atoms with Crippen molar-refractivity contribution in [1.82, 2.24) is 0 Å². The van der Waals surface area contributed by atoms with Crippen LogP contribution in [0.1, 0.15) is 45.4 Å². The SMILES string of the molecule is CCCC(CN)(C(=O)O)C1CCCC1. The van der Waals surface area contributed by atoms with Crippen LogP contribution in [-0.4, -0.2) is 17.6 Å². The van der Waals surface area contributed by atoms with Gasteiger partial charge in [0.1, 0.15) is 0 Å². The second-order valence-electron chi connectivity index (χ2n) is 4.40. The van der Waals surface area contributed by atoms with Crippen LogP contribution in [0.3, 0.4) is 0 Å². The van der Waals surface area contributed by atoms with Crippen LogP contribution in [0.25, 0.3) is 0 Å². The summed E-state index contributed by atoms with van der Waals surface area (Å²) in [4.78, 5) is 11.3. The summed E-state index contributed by atoms with van der Waals surface area (Å²) in [7, 11) is 0. The second-order valence-corrected chi connectivity index (χ2v) is 4.40. The van der Waals surface area contributed by atoms with E-state index in [4.69, 9.17) is 5.73 Å². The normalized spacial score (nSPS) is 22.1. The molecular formula is C11H21NO2. The van der Waals surface area contributed by atoms with E-state index in [1.165, 1.54) is 12.8 Å². The summed E-state index contributed by atoms with van der Waals surface area (Å²) in [5.41, 5.74) is 5.06. The lowest BCUT2D eigenvalue weighted by molar-refractivity contribution is -0.152. The van der Waals surface area contributed by atoms with Crippen molar-refractivity contribution >= 4 is 5.97 Å². The predicted molar refractivity (Wildman–Crippen MR) is 56.0 cm³/mol. The maximum atomic E-state index is 11.3. The number of carbonyl (C=O) groups is 1. The lowest BCUT2D eigenvalue weighted by Gasteiger charge is -2.33. The molecule has 0 amide bonds. The van der Waals surface area contributed by atoms with Crippen molar-refractivity contribution in [3.05, 3.63) is 0 Å². The van der Waals surface area contributed by atoms with Gasteiger partial charge in [-0.3, -0.25) is 4.79 Å². The van der Waals surface area contributed by atoms with Gasteiger partial charge >= 0.3 is 5.97 Å². The van der Waals surface area contributed by atoms with E-state index < -0.39 is 11.4 Å². The quantitative estimate of drug-likeness (QED) is 0.712. The molecule has 14 heavy (non-hydrogen) atoms. The van der Waals surface area contributed by atoms with Gasteiger partial charge in [0.15, 0.2) is 0 Å². The Labute approximate surface area is 85.7 Å². The monoisotopic (exact) mass is 199 g/mol. The fourth-order valence-electron chi connectivity index (χ4n) is 2.77. The molecule has 1 unspecified atom stereocenters. The third-order valence-electron chi connectivity index (χ3n) is 3.62. The Bertz CT molecular complexity index is 199. The van der Waals surface area contributed by atoms with E-state index in [1.807, 2.05) is 6.92 Å². The molecule has 0 bridgehead atoms. The first-order valence-corrected chi connectivity index (χ1v) is 5.61.